The van der Waals surface area contributed by atoms with Crippen molar-refractivity contribution in [3.63, 3.8) is 0 Å². The van der Waals surface area contributed by atoms with E-state index in [4.69, 9.17) is 0 Å². The van der Waals surface area contributed by atoms with Gasteiger partial charge in [-0.15, -0.1) is 0 Å². The van der Waals surface area contributed by atoms with E-state index in [1.807, 2.05) is 0 Å². The molecule has 0 aromatic heterocycles. The highest BCUT2D eigenvalue weighted by Crippen LogP contribution is 2.45. The average molecular weight is 242 g/mol. The summed E-state index contributed by atoms with van der Waals surface area (Å²) < 4.78 is 0. The Bertz CT molecular complexity index is 254. The maximum Gasteiger partial charge on any atom is 0.0739 e. The highest BCUT2D eigenvalue weighted by molar-refractivity contribution is 5.02. The molecule has 4 nitrogen and oxygen atoms in total. The average Bonchev–Trinajstić information content (AvgIpc) is 2.53. The van der Waals surface area contributed by atoms with Crippen molar-refractivity contribution in [2.45, 2.75) is 37.7 Å². The van der Waals surface area contributed by atoms with Gasteiger partial charge in [-0.1, -0.05) is 0 Å². The molecular formula is C13H26N2O2. The normalized spacial score (nSPS) is 35.5. The summed E-state index contributed by atoms with van der Waals surface area (Å²) in [7, 11) is 2.11. The summed E-state index contributed by atoms with van der Waals surface area (Å²) in [5, 5.41) is 24.2. The van der Waals surface area contributed by atoms with Gasteiger partial charge in [0.15, 0.2) is 0 Å². The van der Waals surface area contributed by atoms with Gasteiger partial charge in [-0.2, -0.15) is 0 Å². The topological polar surface area (TPSA) is 55.7 Å². The second-order valence-corrected chi connectivity index (χ2v) is 5.88. The minimum atomic E-state index is -0.672. The Kier molecular flexibility index (Phi) is 4.08. The molecule has 0 aliphatic carbocycles. The predicted octanol–water partition coefficient (Wildman–Crippen LogP) is 0.195. The van der Waals surface area contributed by atoms with Crippen LogP contribution < -0.4 is 5.32 Å². The van der Waals surface area contributed by atoms with Gasteiger partial charge >= 0.3 is 0 Å². The Balaban J connectivity index is 2.15. The molecule has 2 fully saturated rings. The van der Waals surface area contributed by atoms with E-state index >= 15 is 0 Å². The van der Waals surface area contributed by atoms with Crippen LogP contribution in [0.2, 0.25) is 0 Å². The van der Waals surface area contributed by atoms with E-state index in [-0.39, 0.29) is 12.0 Å². The molecule has 2 saturated heterocycles. The van der Waals surface area contributed by atoms with E-state index in [2.05, 4.69) is 17.3 Å². The SMILES string of the molecule is CN1CCCC(O)(C2(CO)CCNCC2)CC1. The van der Waals surface area contributed by atoms with Crippen LogP contribution in [-0.2, 0) is 0 Å². The van der Waals surface area contributed by atoms with Crippen molar-refractivity contribution in [3.05, 3.63) is 0 Å². The van der Waals surface area contributed by atoms with Crippen molar-refractivity contribution in [3.8, 4) is 0 Å². The lowest BCUT2D eigenvalue weighted by atomic mass is 9.63. The quantitative estimate of drug-likeness (QED) is 0.647. The van der Waals surface area contributed by atoms with Gasteiger partial charge in [0.05, 0.1) is 12.2 Å². The molecule has 2 heterocycles. The molecule has 100 valence electrons. The Morgan fingerprint density at radius 3 is 2.47 bits per heavy atom. The van der Waals surface area contributed by atoms with E-state index in [0.717, 1.165) is 58.3 Å². The monoisotopic (exact) mass is 242 g/mol. The zero-order valence-corrected chi connectivity index (χ0v) is 10.9. The van der Waals surface area contributed by atoms with Gasteiger partial charge in [0.1, 0.15) is 0 Å². The Morgan fingerprint density at radius 1 is 1.12 bits per heavy atom. The van der Waals surface area contributed by atoms with Gasteiger partial charge in [-0.25, -0.2) is 0 Å². The third kappa shape index (κ3) is 2.50. The molecule has 0 radical (unpaired) electrons. The number of hydrogen-bond acceptors (Lipinski definition) is 4. The van der Waals surface area contributed by atoms with Crippen molar-refractivity contribution >= 4 is 0 Å². The van der Waals surface area contributed by atoms with Gasteiger partial charge < -0.3 is 20.4 Å². The lowest BCUT2D eigenvalue weighted by molar-refractivity contribution is -0.132. The first-order valence-electron chi connectivity index (χ1n) is 6.84. The van der Waals surface area contributed by atoms with Crippen LogP contribution in [0.4, 0.5) is 0 Å². The number of aliphatic hydroxyl groups is 2. The third-order valence-electron chi connectivity index (χ3n) is 4.89. The van der Waals surface area contributed by atoms with Crippen molar-refractivity contribution in [2.24, 2.45) is 5.41 Å². The van der Waals surface area contributed by atoms with Crippen LogP contribution in [-0.4, -0.2) is 60.5 Å². The second kappa shape index (κ2) is 5.22. The summed E-state index contributed by atoms with van der Waals surface area (Å²) in [6.45, 7) is 3.94. The Hall–Kier alpha value is -0.160. The summed E-state index contributed by atoms with van der Waals surface area (Å²) in [6.07, 6.45) is 4.44. The molecule has 0 saturated carbocycles. The molecule has 1 atom stereocenters. The fourth-order valence-electron chi connectivity index (χ4n) is 3.46. The van der Waals surface area contributed by atoms with Crippen LogP contribution in [0, 0.1) is 5.41 Å². The van der Waals surface area contributed by atoms with E-state index < -0.39 is 5.60 Å². The first kappa shape index (κ1) is 13.3. The number of likely N-dealkylation sites (tertiary alicyclic amines) is 1. The third-order valence-corrected chi connectivity index (χ3v) is 4.89. The molecule has 4 heteroatoms. The van der Waals surface area contributed by atoms with Crippen LogP contribution in [0.15, 0.2) is 0 Å². The minimum absolute atomic E-state index is 0.120. The summed E-state index contributed by atoms with van der Waals surface area (Å²) in [6, 6.07) is 0. The van der Waals surface area contributed by atoms with E-state index in [1.54, 1.807) is 0 Å². The zero-order valence-electron chi connectivity index (χ0n) is 10.9. The lowest BCUT2D eigenvalue weighted by Crippen LogP contribution is -2.55. The zero-order chi connectivity index (χ0) is 12.4. The van der Waals surface area contributed by atoms with E-state index in [0.29, 0.717) is 0 Å². The number of hydrogen-bond donors (Lipinski definition) is 3. The molecule has 2 aliphatic heterocycles. The van der Waals surface area contributed by atoms with Crippen molar-refractivity contribution in [1.29, 1.82) is 0 Å². The maximum atomic E-state index is 11.0. The Labute approximate surface area is 104 Å². The lowest BCUT2D eigenvalue weighted by Gasteiger charge is -2.48. The number of rotatable bonds is 2. The summed E-state index contributed by atoms with van der Waals surface area (Å²) in [5.74, 6) is 0. The predicted molar refractivity (Wildman–Crippen MR) is 67.9 cm³/mol. The standard InChI is InChI=1S/C13H26N2O2/c1-15-9-2-3-13(17,6-10-15)12(11-16)4-7-14-8-5-12/h14,16-17H,2-11H2,1H3. The van der Waals surface area contributed by atoms with Crippen LogP contribution in [0.25, 0.3) is 0 Å². The van der Waals surface area contributed by atoms with Gasteiger partial charge in [-0.05, 0) is 58.8 Å². The first-order chi connectivity index (χ1) is 8.12. The largest absolute Gasteiger partial charge is 0.396 e. The van der Waals surface area contributed by atoms with E-state index in [9.17, 15) is 10.2 Å². The fraction of sp³-hybridized carbons (Fsp3) is 1.00. The highest BCUT2D eigenvalue weighted by atomic mass is 16.3. The molecule has 0 amide bonds. The molecule has 3 N–H and O–H groups in total. The van der Waals surface area contributed by atoms with Crippen LogP contribution in [0.5, 0.6) is 0 Å². The smallest absolute Gasteiger partial charge is 0.0739 e. The maximum absolute atomic E-state index is 11.0. The molecule has 0 aromatic carbocycles. The second-order valence-electron chi connectivity index (χ2n) is 5.88. The first-order valence-corrected chi connectivity index (χ1v) is 6.84. The van der Waals surface area contributed by atoms with Crippen LogP contribution in [0.3, 0.4) is 0 Å². The molecule has 1 unspecified atom stereocenters. The highest BCUT2D eigenvalue weighted by Gasteiger charge is 2.50. The summed E-state index contributed by atoms with van der Waals surface area (Å²) >= 11 is 0. The van der Waals surface area contributed by atoms with Crippen LogP contribution >= 0.6 is 0 Å². The van der Waals surface area contributed by atoms with Gasteiger partial charge in [0.2, 0.25) is 0 Å². The molecule has 2 aliphatic rings. The minimum Gasteiger partial charge on any atom is -0.396 e. The Morgan fingerprint density at radius 2 is 1.82 bits per heavy atom. The van der Waals surface area contributed by atoms with Gasteiger partial charge in [0.25, 0.3) is 0 Å². The molecule has 2 rings (SSSR count). The number of piperidine rings is 1. The fourth-order valence-corrected chi connectivity index (χ4v) is 3.46. The van der Waals surface area contributed by atoms with Crippen molar-refractivity contribution in [2.75, 3.05) is 39.8 Å². The van der Waals surface area contributed by atoms with Gasteiger partial charge in [-0.3, -0.25) is 0 Å². The summed E-state index contributed by atoms with van der Waals surface area (Å²) in [5.41, 5.74) is -0.946. The van der Waals surface area contributed by atoms with Gasteiger partial charge in [0, 0.05) is 12.0 Å². The number of nitrogens with one attached hydrogen (secondary N) is 1. The molecule has 0 bridgehead atoms. The number of aliphatic hydroxyl groups excluding tert-OH is 1. The van der Waals surface area contributed by atoms with Crippen molar-refractivity contribution in [1.82, 2.24) is 10.2 Å². The van der Waals surface area contributed by atoms with E-state index in [1.165, 1.54) is 0 Å². The summed E-state index contributed by atoms with van der Waals surface area (Å²) in [4.78, 5) is 2.28. The van der Waals surface area contributed by atoms with Crippen molar-refractivity contribution < 1.29 is 10.2 Å². The molecule has 0 aromatic rings. The molecule has 0 spiro atoms. The van der Waals surface area contributed by atoms with Crippen LogP contribution in [0.1, 0.15) is 32.1 Å². The molecular weight excluding hydrogens is 216 g/mol. The number of nitrogens with zero attached hydrogens (tertiary/aromatic N) is 1. The molecule has 17 heavy (non-hydrogen) atoms.